The average Bonchev–Trinajstić information content (AvgIpc) is 3.26. The van der Waals surface area contributed by atoms with Gasteiger partial charge in [-0.05, 0) is 56.7 Å². The second-order valence-corrected chi connectivity index (χ2v) is 9.86. The number of allylic oxidation sites excluding steroid dienone is 1. The number of methoxy groups -OCH3 is 3. The molecule has 1 amide bonds. The van der Waals surface area contributed by atoms with Crippen molar-refractivity contribution < 1.29 is 23.9 Å². The van der Waals surface area contributed by atoms with Gasteiger partial charge in [0.1, 0.15) is 17.5 Å². The Labute approximate surface area is 234 Å². The Morgan fingerprint density at radius 2 is 1.77 bits per heavy atom. The summed E-state index contributed by atoms with van der Waals surface area (Å²) in [5.41, 5.74) is 1.25. The normalized spacial score (nSPS) is 14.8. The maximum absolute atomic E-state index is 14.0. The van der Waals surface area contributed by atoms with E-state index in [9.17, 15) is 19.7 Å². The first-order valence-electron chi connectivity index (χ1n) is 12.5. The summed E-state index contributed by atoms with van der Waals surface area (Å²) >= 11 is 1.14. The van der Waals surface area contributed by atoms with E-state index < -0.39 is 16.5 Å². The Bertz CT molecular complexity index is 1690. The summed E-state index contributed by atoms with van der Waals surface area (Å²) in [5.74, 6) is 0.892. The van der Waals surface area contributed by atoms with Crippen molar-refractivity contribution in [2.24, 2.45) is 4.99 Å². The molecule has 12 heteroatoms. The van der Waals surface area contributed by atoms with Crippen LogP contribution >= 0.6 is 11.3 Å². The van der Waals surface area contributed by atoms with Crippen molar-refractivity contribution in [3.05, 3.63) is 88.6 Å². The molecule has 1 aliphatic rings. The van der Waals surface area contributed by atoms with Gasteiger partial charge in [-0.1, -0.05) is 17.4 Å². The largest absolute Gasteiger partial charge is 0.497 e. The molecule has 1 aliphatic heterocycles. The summed E-state index contributed by atoms with van der Waals surface area (Å²) in [5, 5.41) is 11.5. The molecular weight excluding hydrogens is 536 g/mol. The van der Waals surface area contributed by atoms with Crippen LogP contribution in [0.1, 0.15) is 37.9 Å². The number of rotatable bonds is 9. The number of thiazole rings is 1. The lowest BCUT2D eigenvalue weighted by atomic mass is 9.93. The molecule has 40 heavy (non-hydrogen) atoms. The maximum atomic E-state index is 14.0. The van der Waals surface area contributed by atoms with Gasteiger partial charge < -0.3 is 19.1 Å². The van der Waals surface area contributed by atoms with E-state index >= 15 is 0 Å². The second-order valence-electron chi connectivity index (χ2n) is 8.86. The predicted molar refractivity (Wildman–Crippen MR) is 151 cm³/mol. The highest BCUT2D eigenvalue weighted by Crippen LogP contribution is 2.38. The third-order valence-electron chi connectivity index (χ3n) is 6.73. The van der Waals surface area contributed by atoms with Gasteiger partial charge in [-0.15, -0.1) is 0 Å². The molecule has 0 bridgehead atoms. The topological polar surface area (TPSA) is 126 Å². The number of hydrogen-bond acceptors (Lipinski definition) is 9. The second kappa shape index (κ2) is 11.7. The average molecular weight is 567 g/mol. The smallest absolute Gasteiger partial charge is 0.311 e. The number of fused-ring (bicyclic) bond motifs is 1. The number of hydrogen-bond donors (Lipinski definition) is 0. The number of nitrogens with zero attached hydrogens (tertiary/aromatic N) is 4. The fraction of sp³-hybridized carbons (Fsp3) is 0.321. The Kier molecular flexibility index (Phi) is 8.38. The zero-order chi connectivity index (χ0) is 29.1. The van der Waals surface area contributed by atoms with Crippen molar-refractivity contribution in [1.82, 2.24) is 9.47 Å². The minimum atomic E-state index is -0.846. The number of carbonyl (C=O) groups is 1. The number of ether oxygens (including phenoxy) is 3. The van der Waals surface area contributed by atoms with Crippen molar-refractivity contribution >= 4 is 29.0 Å². The van der Waals surface area contributed by atoms with E-state index in [0.29, 0.717) is 56.3 Å². The van der Waals surface area contributed by atoms with Gasteiger partial charge >= 0.3 is 5.69 Å². The molecule has 0 N–H and O–H groups in total. The summed E-state index contributed by atoms with van der Waals surface area (Å²) in [6.45, 7) is 6.49. The molecule has 0 unspecified atom stereocenters. The Morgan fingerprint density at radius 1 is 1.10 bits per heavy atom. The van der Waals surface area contributed by atoms with Gasteiger partial charge in [0.2, 0.25) is 0 Å². The number of benzene rings is 2. The van der Waals surface area contributed by atoms with Crippen LogP contribution < -0.4 is 29.1 Å². The molecule has 0 aliphatic carbocycles. The van der Waals surface area contributed by atoms with Crippen molar-refractivity contribution in [3.63, 3.8) is 0 Å². The third-order valence-corrected chi connectivity index (χ3v) is 7.71. The van der Waals surface area contributed by atoms with Crippen LogP contribution in [0.15, 0.2) is 57.5 Å². The van der Waals surface area contributed by atoms with E-state index in [1.165, 1.54) is 38.0 Å². The number of carbonyl (C=O) groups excluding carboxylic acids is 1. The van der Waals surface area contributed by atoms with E-state index in [1.807, 2.05) is 13.8 Å². The summed E-state index contributed by atoms with van der Waals surface area (Å²) < 4.78 is 18.0. The molecule has 2 aromatic carbocycles. The van der Waals surface area contributed by atoms with Gasteiger partial charge in [0.05, 0.1) is 42.1 Å². The van der Waals surface area contributed by atoms with E-state index in [-0.39, 0.29) is 17.3 Å². The van der Waals surface area contributed by atoms with Crippen LogP contribution in [0, 0.1) is 10.1 Å². The fourth-order valence-corrected chi connectivity index (χ4v) is 5.76. The molecule has 0 saturated carbocycles. The van der Waals surface area contributed by atoms with Gasteiger partial charge in [-0.25, -0.2) is 4.99 Å². The van der Waals surface area contributed by atoms with Gasteiger partial charge in [0.15, 0.2) is 10.6 Å². The molecule has 11 nitrogen and oxygen atoms in total. The van der Waals surface area contributed by atoms with Gasteiger partial charge in [-0.3, -0.25) is 24.3 Å². The molecule has 2 heterocycles. The quantitative estimate of drug-likeness (QED) is 0.288. The van der Waals surface area contributed by atoms with E-state index in [0.717, 1.165) is 11.3 Å². The van der Waals surface area contributed by atoms with Crippen LogP contribution in [0.3, 0.4) is 0 Å². The van der Waals surface area contributed by atoms with Gasteiger partial charge in [0.25, 0.3) is 11.5 Å². The number of nitro benzene ring substituents is 1. The lowest BCUT2D eigenvalue weighted by Gasteiger charge is -2.30. The molecule has 3 aromatic rings. The van der Waals surface area contributed by atoms with Crippen LogP contribution in [-0.2, 0) is 4.79 Å². The summed E-state index contributed by atoms with van der Waals surface area (Å²) in [4.78, 5) is 45.5. The lowest BCUT2D eigenvalue weighted by Crippen LogP contribution is -2.43. The highest BCUT2D eigenvalue weighted by molar-refractivity contribution is 7.07. The highest BCUT2D eigenvalue weighted by Gasteiger charge is 2.36. The number of likely N-dealkylation sites (N-methyl/N-ethyl adjacent to an activating group) is 1. The van der Waals surface area contributed by atoms with Gasteiger partial charge in [-0.2, -0.15) is 0 Å². The molecular formula is C28H30N4O7S. The Morgan fingerprint density at radius 3 is 2.38 bits per heavy atom. The molecule has 0 radical (unpaired) electrons. The molecule has 0 saturated heterocycles. The first-order chi connectivity index (χ1) is 19.2. The van der Waals surface area contributed by atoms with Gasteiger partial charge in [0, 0.05) is 24.7 Å². The van der Waals surface area contributed by atoms with Crippen molar-refractivity contribution in [3.8, 4) is 17.2 Å². The predicted octanol–water partition coefficient (Wildman–Crippen LogP) is 3.04. The molecule has 1 aromatic heterocycles. The monoisotopic (exact) mass is 566 g/mol. The Balaban J connectivity index is 2.01. The first kappa shape index (κ1) is 28.6. The maximum Gasteiger partial charge on any atom is 0.311 e. The number of amides is 1. The van der Waals surface area contributed by atoms with Crippen LogP contribution in [0.25, 0.3) is 6.08 Å². The van der Waals surface area contributed by atoms with Crippen molar-refractivity contribution in [2.75, 3.05) is 34.4 Å². The fourth-order valence-electron chi connectivity index (χ4n) is 4.71. The summed E-state index contributed by atoms with van der Waals surface area (Å²) in [6, 6.07) is 8.84. The minimum Gasteiger partial charge on any atom is -0.497 e. The molecule has 0 fully saturated rings. The van der Waals surface area contributed by atoms with Crippen LogP contribution in [0.5, 0.6) is 17.2 Å². The van der Waals surface area contributed by atoms with Crippen LogP contribution in [0.2, 0.25) is 0 Å². The Hall–Kier alpha value is -4.45. The summed E-state index contributed by atoms with van der Waals surface area (Å²) in [7, 11) is 4.41. The standard InChI is InChI=1S/C28H30N4O7S/c1-7-30(8-2)27(34)24-16(3)29-28-31(25(24)19-15-18(37-4)10-12-21(19)38-5)26(33)23(40-28)14-17-9-11-22(39-6)20(13-17)32(35)36/h9-15,25H,7-8H2,1-6H3/b23-14+/t25-/m0/s1. The molecule has 210 valence electrons. The molecule has 0 spiro atoms. The zero-order valence-electron chi connectivity index (χ0n) is 23.1. The first-order valence-corrected chi connectivity index (χ1v) is 13.4. The molecule has 1 atom stereocenters. The summed E-state index contributed by atoms with van der Waals surface area (Å²) in [6.07, 6.45) is 1.57. The van der Waals surface area contributed by atoms with Crippen molar-refractivity contribution in [2.45, 2.75) is 26.8 Å². The van der Waals surface area contributed by atoms with E-state index in [1.54, 1.807) is 42.2 Å². The van der Waals surface area contributed by atoms with Crippen molar-refractivity contribution in [1.29, 1.82) is 0 Å². The van der Waals surface area contributed by atoms with E-state index in [2.05, 4.69) is 4.99 Å². The lowest BCUT2D eigenvalue weighted by molar-refractivity contribution is -0.385. The number of nitro groups is 1. The SMILES string of the molecule is CCN(CC)C(=O)C1=C(C)N=c2s/c(=C/c3ccc(OC)c([N+](=O)[O-])c3)c(=O)n2[C@H]1c1cc(OC)ccc1OC. The van der Waals surface area contributed by atoms with Crippen LogP contribution in [0.4, 0.5) is 5.69 Å². The zero-order valence-corrected chi connectivity index (χ0v) is 23.9. The highest BCUT2D eigenvalue weighted by atomic mass is 32.1. The van der Waals surface area contributed by atoms with Crippen LogP contribution in [-0.4, -0.2) is 54.7 Å². The number of aromatic nitrogens is 1. The van der Waals surface area contributed by atoms with E-state index in [4.69, 9.17) is 14.2 Å². The minimum absolute atomic E-state index is 0.115. The third kappa shape index (κ3) is 5.09. The molecule has 4 rings (SSSR count).